The third-order valence-corrected chi connectivity index (χ3v) is 4.39. The van der Waals surface area contributed by atoms with Crippen LogP contribution in [0.25, 0.3) is 0 Å². The highest BCUT2D eigenvalue weighted by Gasteiger charge is 2.34. The summed E-state index contributed by atoms with van der Waals surface area (Å²) in [6.45, 7) is 7.23. The van der Waals surface area contributed by atoms with Crippen LogP contribution in [0.15, 0.2) is 24.3 Å². The van der Waals surface area contributed by atoms with Gasteiger partial charge in [-0.15, -0.1) is 0 Å². The highest BCUT2D eigenvalue weighted by atomic mass is 16.6. The molecule has 1 amide bonds. The van der Waals surface area contributed by atoms with Gasteiger partial charge in [-0.1, -0.05) is 18.2 Å². The van der Waals surface area contributed by atoms with Crippen LogP contribution in [0.3, 0.4) is 0 Å². The highest BCUT2D eigenvalue weighted by Crippen LogP contribution is 2.35. The van der Waals surface area contributed by atoms with Gasteiger partial charge in [0, 0.05) is 19.5 Å². The molecule has 1 fully saturated rings. The molecule has 3 rings (SSSR count). The first kappa shape index (κ1) is 15.2. The molecule has 120 valence electrons. The molecule has 1 aromatic carbocycles. The van der Waals surface area contributed by atoms with Crippen LogP contribution in [0.5, 0.6) is 5.75 Å². The van der Waals surface area contributed by atoms with Gasteiger partial charge in [-0.25, -0.2) is 4.79 Å². The van der Waals surface area contributed by atoms with E-state index in [1.165, 1.54) is 5.56 Å². The Morgan fingerprint density at radius 3 is 2.55 bits per heavy atom. The third-order valence-electron chi connectivity index (χ3n) is 4.39. The molecule has 1 saturated heterocycles. The molecule has 0 N–H and O–H groups in total. The zero-order chi connectivity index (χ0) is 15.7. The lowest BCUT2D eigenvalue weighted by molar-refractivity contribution is 0.0123. The van der Waals surface area contributed by atoms with Gasteiger partial charge >= 0.3 is 6.09 Å². The number of para-hydroxylation sites is 1. The van der Waals surface area contributed by atoms with Crippen LogP contribution in [0, 0.1) is 5.92 Å². The van der Waals surface area contributed by atoms with E-state index in [1.54, 1.807) is 0 Å². The molecule has 0 saturated carbocycles. The Balaban J connectivity index is 1.52. The van der Waals surface area contributed by atoms with E-state index in [2.05, 4.69) is 12.1 Å². The van der Waals surface area contributed by atoms with Gasteiger partial charge in [0.05, 0.1) is 0 Å². The first-order valence-electron chi connectivity index (χ1n) is 8.15. The number of hydrogen-bond acceptors (Lipinski definition) is 3. The van der Waals surface area contributed by atoms with Gasteiger partial charge in [0.25, 0.3) is 0 Å². The summed E-state index contributed by atoms with van der Waals surface area (Å²) in [5.74, 6) is 1.55. The molecule has 0 spiro atoms. The van der Waals surface area contributed by atoms with E-state index in [0.29, 0.717) is 5.92 Å². The summed E-state index contributed by atoms with van der Waals surface area (Å²) in [5.41, 5.74) is 0.881. The predicted octanol–water partition coefficient (Wildman–Crippen LogP) is 3.64. The first-order chi connectivity index (χ1) is 10.4. The van der Waals surface area contributed by atoms with Crippen LogP contribution in [-0.2, 0) is 11.2 Å². The van der Waals surface area contributed by atoms with Crippen molar-refractivity contribution < 1.29 is 14.3 Å². The van der Waals surface area contributed by atoms with Crippen LogP contribution in [0.2, 0.25) is 0 Å². The Labute approximate surface area is 132 Å². The number of carbonyl (C=O) groups excluding carboxylic acids is 1. The average molecular weight is 303 g/mol. The summed E-state index contributed by atoms with van der Waals surface area (Å²) < 4.78 is 11.5. The zero-order valence-electron chi connectivity index (χ0n) is 13.7. The van der Waals surface area contributed by atoms with Gasteiger partial charge in [0.2, 0.25) is 0 Å². The van der Waals surface area contributed by atoms with Crippen molar-refractivity contribution in [1.82, 2.24) is 4.90 Å². The monoisotopic (exact) mass is 303 g/mol. The summed E-state index contributed by atoms with van der Waals surface area (Å²) >= 11 is 0. The normalized spacial score (nSPS) is 22.1. The number of carbonyl (C=O) groups is 1. The first-order valence-corrected chi connectivity index (χ1v) is 8.15. The molecule has 2 aliphatic heterocycles. The summed E-state index contributed by atoms with van der Waals surface area (Å²) in [7, 11) is 0. The lowest BCUT2D eigenvalue weighted by atomic mass is 9.89. The molecule has 0 bridgehead atoms. The van der Waals surface area contributed by atoms with Crippen molar-refractivity contribution >= 4 is 6.09 Å². The number of rotatable bonds is 1. The minimum Gasteiger partial charge on any atom is -0.490 e. The van der Waals surface area contributed by atoms with Crippen molar-refractivity contribution in [3.63, 3.8) is 0 Å². The van der Waals surface area contributed by atoms with E-state index in [9.17, 15) is 4.79 Å². The quantitative estimate of drug-likeness (QED) is 0.795. The molecular weight excluding hydrogens is 278 g/mol. The van der Waals surface area contributed by atoms with Crippen LogP contribution >= 0.6 is 0 Å². The number of amides is 1. The van der Waals surface area contributed by atoms with E-state index in [-0.39, 0.29) is 12.2 Å². The van der Waals surface area contributed by atoms with Crippen LogP contribution in [-0.4, -0.2) is 35.8 Å². The van der Waals surface area contributed by atoms with Crippen LogP contribution in [0.1, 0.15) is 39.2 Å². The molecule has 22 heavy (non-hydrogen) atoms. The molecule has 4 nitrogen and oxygen atoms in total. The molecule has 2 aliphatic rings. The summed E-state index contributed by atoms with van der Waals surface area (Å²) in [6, 6.07) is 8.28. The maximum Gasteiger partial charge on any atom is 0.410 e. The summed E-state index contributed by atoms with van der Waals surface area (Å²) in [6.07, 6.45) is 3.03. The highest BCUT2D eigenvalue weighted by molar-refractivity contribution is 5.68. The molecular formula is C18H25NO3. The van der Waals surface area contributed by atoms with Crippen molar-refractivity contribution in [1.29, 1.82) is 0 Å². The number of hydrogen-bond donors (Lipinski definition) is 0. The number of likely N-dealkylation sites (tertiary alicyclic amines) is 1. The van der Waals surface area contributed by atoms with Crippen molar-refractivity contribution in [3.05, 3.63) is 29.8 Å². The van der Waals surface area contributed by atoms with Gasteiger partial charge in [0.15, 0.2) is 0 Å². The van der Waals surface area contributed by atoms with Crippen LogP contribution in [0.4, 0.5) is 4.79 Å². The maximum absolute atomic E-state index is 12.1. The second-order valence-electron chi connectivity index (χ2n) is 7.27. The average Bonchev–Trinajstić information content (AvgIpc) is 2.89. The SMILES string of the molecule is CC(C)(C)OC(=O)N1CCC(C2Cc3ccccc3O2)CC1. The predicted molar refractivity (Wildman–Crippen MR) is 85.1 cm³/mol. The fraction of sp³-hybridized carbons (Fsp3) is 0.611. The summed E-state index contributed by atoms with van der Waals surface area (Å²) in [5, 5.41) is 0. The molecule has 0 radical (unpaired) electrons. The second-order valence-corrected chi connectivity index (χ2v) is 7.27. The smallest absolute Gasteiger partial charge is 0.410 e. The Hall–Kier alpha value is -1.71. The molecule has 0 aliphatic carbocycles. The topological polar surface area (TPSA) is 38.8 Å². The molecule has 1 aromatic rings. The maximum atomic E-state index is 12.1. The Bertz CT molecular complexity index is 517. The van der Waals surface area contributed by atoms with E-state index in [0.717, 1.165) is 38.1 Å². The van der Waals surface area contributed by atoms with Crippen molar-refractivity contribution in [2.75, 3.05) is 13.1 Å². The standard InChI is InChI=1S/C18H25NO3/c1-18(2,3)22-17(20)19-10-8-13(9-11-19)16-12-14-6-4-5-7-15(14)21-16/h4-7,13,16H,8-12H2,1-3H3. The van der Waals surface area contributed by atoms with Crippen molar-refractivity contribution in [3.8, 4) is 5.75 Å². The van der Waals surface area contributed by atoms with Gasteiger partial charge in [-0.3, -0.25) is 0 Å². The van der Waals surface area contributed by atoms with Gasteiger partial charge < -0.3 is 14.4 Å². The van der Waals surface area contributed by atoms with E-state index >= 15 is 0 Å². The van der Waals surface area contributed by atoms with E-state index in [4.69, 9.17) is 9.47 Å². The number of fused-ring (bicyclic) bond motifs is 1. The lowest BCUT2D eigenvalue weighted by Gasteiger charge is -2.35. The third kappa shape index (κ3) is 3.37. The Morgan fingerprint density at radius 2 is 1.91 bits per heavy atom. The van der Waals surface area contributed by atoms with Gasteiger partial charge in [-0.2, -0.15) is 0 Å². The van der Waals surface area contributed by atoms with Gasteiger partial charge in [0.1, 0.15) is 17.5 Å². The van der Waals surface area contributed by atoms with Crippen molar-refractivity contribution in [2.45, 2.75) is 51.7 Å². The molecule has 1 unspecified atom stereocenters. The summed E-state index contributed by atoms with van der Waals surface area (Å²) in [4.78, 5) is 13.9. The second kappa shape index (κ2) is 5.82. The number of piperidine rings is 1. The van der Waals surface area contributed by atoms with Crippen molar-refractivity contribution in [2.24, 2.45) is 5.92 Å². The molecule has 4 heteroatoms. The van der Waals surface area contributed by atoms with E-state index < -0.39 is 5.60 Å². The number of ether oxygens (including phenoxy) is 2. The minimum atomic E-state index is -0.426. The number of nitrogens with zero attached hydrogens (tertiary/aromatic N) is 1. The largest absolute Gasteiger partial charge is 0.490 e. The molecule has 2 heterocycles. The fourth-order valence-corrected chi connectivity index (χ4v) is 3.25. The Kier molecular flexibility index (Phi) is 4.02. The minimum absolute atomic E-state index is 0.193. The zero-order valence-corrected chi connectivity index (χ0v) is 13.7. The van der Waals surface area contributed by atoms with Gasteiger partial charge in [-0.05, 0) is 51.2 Å². The fourth-order valence-electron chi connectivity index (χ4n) is 3.25. The van der Waals surface area contributed by atoms with Crippen LogP contribution < -0.4 is 4.74 Å². The lowest BCUT2D eigenvalue weighted by Crippen LogP contribution is -2.44. The van der Waals surface area contributed by atoms with E-state index in [1.807, 2.05) is 37.8 Å². The number of benzene rings is 1. The molecule has 1 atom stereocenters. The Morgan fingerprint density at radius 1 is 1.23 bits per heavy atom. The molecule has 0 aromatic heterocycles.